The highest BCUT2D eigenvalue weighted by atomic mass is 32.2. The number of benzene rings is 1. The van der Waals surface area contributed by atoms with Crippen LogP contribution in [0.5, 0.6) is 0 Å². The number of Topliss-reactive ketones (excluding diaryl/α,β-unsaturated/α-hetero) is 1. The first-order valence-electron chi connectivity index (χ1n) is 6.48. The molecule has 0 atom stereocenters. The largest absolute Gasteiger partial charge is 0.302 e. The number of nitrogens with one attached hydrogen (secondary N) is 1. The zero-order valence-electron chi connectivity index (χ0n) is 11.9. The van der Waals surface area contributed by atoms with Crippen molar-refractivity contribution in [3.05, 3.63) is 40.9 Å². The maximum atomic E-state index is 12.0. The molecule has 110 valence electrons. The van der Waals surface area contributed by atoms with Gasteiger partial charge < -0.3 is 5.32 Å². The number of aromatic nitrogens is 1. The summed E-state index contributed by atoms with van der Waals surface area (Å²) >= 11 is 3.05. The first-order chi connectivity index (χ1) is 10.1. The third kappa shape index (κ3) is 4.68. The third-order valence-corrected chi connectivity index (χ3v) is 4.43. The third-order valence-electron chi connectivity index (χ3n) is 2.86. The second-order valence-electron chi connectivity index (χ2n) is 4.48. The lowest BCUT2D eigenvalue weighted by Gasteiger charge is -2.03. The van der Waals surface area contributed by atoms with Gasteiger partial charge in [0.05, 0.1) is 0 Å². The fourth-order valence-corrected chi connectivity index (χ4v) is 2.83. The minimum absolute atomic E-state index is 0.0203. The number of hydrogen-bond donors (Lipinski definition) is 1. The molecule has 0 aliphatic rings. The molecule has 0 spiro atoms. The Labute approximate surface area is 132 Å². The van der Waals surface area contributed by atoms with Gasteiger partial charge in [-0.05, 0) is 25.3 Å². The van der Waals surface area contributed by atoms with E-state index in [1.807, 2.05) is 25.3 Å². The molecule has 21 heavy (non-hydrogen) atoms. The number of thiazole rings is 1. The van der Waals surface area contributed by atoms with Crippen LogP contribution in [0, 0.1) is 6.92 Å². The van der Waals surface area contributed by atoms with Gasteiger partial charge in [0.25, 0.3) is 0 Å². The predicted octanol–water partition coefficient (Wildman–Crippen LogP) is 3.78. The van der Waals surface area contributed by atoms with Crippen LogP contribution >= 0.6 is 23.1 Å². The van der Waals surface area contributed by atoms with Gasteiger partial charge >= 0.3 is 0 Å². The Kier molecular flexibility index (Phi) is 5.52. The minimum atomic E-state index is -0.182. The summed E-state index contributed by atoms with van der Waals surface area (Å²) in [6, 6.07) is 7.43. The van der Waals surface area contributed by atoms with E-state index >= 15 is 0 Å². The zero-order chi connectivity index (χ0) is 15.2. The van der Waals surface area contributed by atoms with Gasteiger partial charge in [0.1, 0.15) is 0 Å². The summed E-state index contributed by atoms with van der Waals surface area (Å²) in [5, 5.41) is 3.28. The number of rotatable bonds is 6. The average Bonchev–Trinajstić information content (AvgIpc) is 2.90. The van der Waals surface area contributed by atoms with E-state index in [9.17, 15) is 9.59 Å². The summed E-state index contributed by atoms with van der Waals surface area (Å²) < 4.78 is 0. The highest BCUT2D eigenvalue weighted by molar-refractivity contribution is 7.98. The summed E-state index contributed by atoms with van der Waals surface area (Å²) in [7, 11) is 0. The second kappa shape index (κ2) is 7.38. The number of thioether (sulfide) groups is 1. The Balaban J connectivity index is 1.83. The van der Waals surface area contributed by atoms with E-state index in [4.69, 9.17) is 0 Å². The molecular weight excluding hydrogens is 304 g/mol. The normalized spacial score (nSPS) is 10.4. The molecule has 2 rings (SSSR count). The zero-order valence-corrected chi connectivity index (χ0v) is 13.5. The van der Waals surface area contributed by atoms with E-state index in [2.05, 4.69) is 10.3 Å². The lowest BCUT2D eigenvalue weighted by molar-refractivity contribution is -0.116. The molecule has 2 aromatic rings. The molecule has 0 aliphatic carbocycles. The molecule has 0 saturated heterocycles. The molecule has 0 unspecified atom stereocenters. The van der Waals surface area contributed by atoms with Crippen molar-refractivity contribution >= 4 is 39.9 Å². The summed E-state index contributed by atoms with van der Waals surface area (Å²) in [6.45, 7) is 1.93. The number of amides is 1. The van der Waals surface area contributed by atoms with E-state index in [1.165, 1.54) is 11.3 Å². The van der Waals surface area contributed by atoms with E-state index in [-0.39, 0.29) is 24.5 Å². The van der Waals surface area contributed by atoms with Crippen LogP contribution in [0.3, 0.4) is 0 Å². The summed E-state index contributed by atoms with van der Waals surface area (Å²) in [5.41, 5.74) is 0.644. The fraction of sp³-hybridized carbons (Fsp3) is 0.267. The fourth-order valence-electron chi connectivity index (χ4n) is 1.74. The van der Waals surface area contributed by atoms with Gasteiger partial charge in [-0.25, -0.2) is 4.98 Å². The molecule has 0 radical (unpaired) electrons. The molecule has 1 heterocycles. The molecular formula is C15H16N2O2S2. The van der Waals surface area contributed by atoms with E-state index in [0.29, 0.717) is 10.7 Å². The Hall–Kier alpha value is -1.66. The van der Waals surface area contributed by atoms with Gasteiger partial charge in [-0.1, -0.05) is 12.1 Å². The average molecular weight is 320 g/mol. The van der Waals surface area contributed by atoms with Crippen molar-refractivity contribution in [1.29, 1.82) is 0 Å². The van der Waals surface area contributed by atoms with Crippen molar-refractivity contribution in [2.75, 3.05) is 11.6 Å². The Morgan fingerprint density at radius 2 is 1.95 bits per heavy atom. The number of nitrogens with zero attached hydrogens (tertiary/aromatic N) is 1. The van der Waals surface area contributed by atoms with Gasteiger partial charge in [0.2, 0.25) is 5.91 Å². The number of ketones is 1. The molecule has 4 nitrogen and oxygen atoms in total. The van der Waals surface area contributed by atoms with Crippen LogP contribution in [0.2, 0.25) is 0 Å². The maximum Gasteiger partial charge on any atom is 0.226 e. The first-order valence-corrected chi connectivity index (χ1v) is 8.52. The van der Waals surface area contributed by atoms with Crippen molar-refractivity contribution in [3.63, 3.8) is 0 Å². The standard InChI is InChI=1S/C15H16N2O2S2/c1-10-9-16-15(21-10)17-14(19)8-7-13(18)11-3-5-12(20-2)6-4-11/h3-6,9H,7-8H2,1-2H3,(H,16,17,19). The number of aryl methyl sites for hydroxylation is 1. The highest BCUT2D eigenvalue weighted by Crippen LogP contribution is 2.18. The van der Waals surface area contributed by atoms with Gasteiger partial charge in [-0.15, -0.1) is 23.1 Å². The first kappa shape index (κ1) is 15.7. The maximum absolute atomic E-state index is 12.0. The number of anilines is 1. The highest BCUT2D eigenvalue weighted by Gasteiger charge is 2.10. The molecule has 0 bridgehead atoms. The van der Waals surface area contributed by atoms with Crippen LogP contribution in [-0.4, -0.2) is 22.9 Å². The number of hydrogen-bond acceptors (Lipinski definition) is 5. The van der Waals surface area contributed by atoms with Gasteiger partial charge in [-0.3, -0.25) is 9.59 Å². The van der Waals surface area contributed by atoms with Crippen molar-refractivity contribution in [1.82, 2.24) is 4.98 Å². The molecule has 1 aromatic heterocycles. The summed E-state index contributed by atoms with van der Waals surface area (Å²) in [5.74, 6) is -0.202. The molecule has 0 saturated carbocycles. The van der Waals surface area contributed by atoms with Crippen molar-refractivity contribution in [2.45, 2.75) is 24.7 Å². The number of carbonyl (C=O) groups is 2. The Bertz CT molecular complexity index is 635. The molecule has 1 amide bonds. The van der Waals surface area contributed by atoms with Crippen LogP contribution in [0.4, 0.5) is 5.13 Å². The van der Waals surface area contributed by atoms with Crippen LogP contribution < -0.4 is 5.32 Å². The molecule has 0 fully saturated rings. The van der Waals surface area contributed by atoms with Crippen LogP contribution in [0.25, 0.3) is 0 Å². The quantitative estimate of drug-likeness (QED) is 0.650. The van der Waals surface area contributed by atoms with Gasteiger partial charge in [-0.2, -0.15) is 0 Å². The molecule has 0 aliphatic heterocycles. The second-order valence-corrected chi connectivity index (χ2v) is 6.59. The van der Waals surface area contributed by atoms with Crippen molar-refractivity contribution < 1.29 is 9.59 Å². The Morgan fingerprint density at radius 1 is 1.24 bits per heavy atom. The van der Waals surface area contributed by atoms with Gasteiger partial charge in [0, 0.05) is 34.4 Å². The monoisotopic (exact) mass is 320 g/mol. The van der Waals surface area contributed by atoms with Crippen LogP contribution in [0.15, 0.2) is 35.4 Å². The SMILES string of the molecule is CSc1ccc(C(=O)CCC(=O)Nc2ncc(C)s2)cc1. The van der Waals surface area contributed by atoms with Crippen LogP contribution in [0.1, 0.15) is 28.1 Å². The number of carbonyl (C=O) groups excluding carboxylic acids is 2. The topological polar surface area (TPSA) is 59.1 Å². The van der Waals surface area contributed by atoms with E-state index in [0.717, 1.165) is 9.77 Å². The predicted molar refractivity (Wildman–Crippen MR) is 87.3 cm³/mol. The lowest BCUT2D eigenvalue weighted by atomic mass is 10.1. The smallest absolute Gasteiger partial charge is 0.226 e. The summed E-state index contributed by atoms with van der Waals surface area (Å²) in [6.07, 6.45) is 4.07. The van der Waals surface area contributed by atoms with Gasteiger partial charge in [0.15, 0.2) is 10.9 Å². The van der Waals surface area contributed by atoms with Crippen LogP contribution in [-0.2, 0) is 4.79 Å². The molecule has 1 aromatic carbocycles. The van der Waals surface area contributed by atoms with E-state index < -0.39 is 0 Å². The Morgan fingerprint density at radius 3 is 2.52 bits per heavy atom. The minimum Gasteiger partial charge on any atom is -0.302 e. The molecule has 6 heteroatoms. The van der Waals surface area contributed by atoms with Crippen molar-refractivity contribution in [3.8, 4) is 0 Å². The lowest BCUT2D eigenvalue weighted by Crippen LogP contribution is -2.13. The van der Waals surface area contributed by atoms with Crippen molar-refractivity contribution in [2.24, 2.45) is 0 Å². The molecule has 1 N–H and O–H groups in total. The van der Waals surface area contributed by atoms with E-state index in [1.54, 1.807) is 30.1 Å². The summed E-state index contributed by atoms with van der Waals surface area (Å²) in [4.78, 5) is 30.0.